The van der Waals surface area contributed by atoms with Crippen LogP contribution in [-0.4, -0.2) is 45.7 Å². The number of likely N-dealkylation sites (N-methyl/N-ethyl adjacent to an activating group) is 1. The van der Waals surface area contributed by atoms with Gasteiger partial charge in [0.2, 0.25) is 0 Å². The minimum absolute atomic E-state index is 0.0245. The van der Waals surface area contributed by atoms with Crippen LogP contribution < -0.4 is 15.0 Å². The van der Waals surface area contributed by atoms with Gasteiger partial charge in [-0.05, 0) is 40.2 Å². The van der Waals surface area contributed by atoms with E-state index in [0.717, 1.165) is 0 Å². The number of ether oxygens (including phenoxy) is 3. The van der Waals surface area contributed by atoms with Gasteiger partial charge in [0, 0.05) is 23.8 Å². The van der Waals surface area contributed by atoms with Crippen LogP contribution >= 0.6 is 15.9 Å². The molecule has 1 amide bonds. The lowest BCUT2D eigenvalue weighted by atomic mass is 10.1. The molecular formula is C19H19BrN2O6. The SMILES string of the molecule is CNC(=O)COc1ccc(Br)c(N2C=CC=CC(C(=O)OC)=C2C(=O)OC)c1. The molecule has 1 aliphatic heterocycles. The van der Waals surface area contributed by atoms with Crippen LogP contribution in [0.25, 0.3) is 0 Å². The molecule has 0 fully saturated rings. The van der Waals surface area contributed by atoms with Gasteiger partial charge in [0.15, 0.2) is 6.61 Å². The van der Waals surface area contributed by atoms with Gasteiger partial charge in [-0.3, -0.25) is 4.79 Å². The van der Waals surface area contributed by atoms with E-state index in [-0.39, 0.29) is 23.8 Å². The Bertz CT molecular complexity index is 875. The first-order valence-electron chi connectivity index (χ1n) is 8.10. The third kappa shape index (κ3) is 4.80. The summed E-state index contributed by atoms with van der Waals surface area (Å²) >= 11 is 3.44. The number of benzene rings is 1. The summed E-state index contributed by atoms with van der Waals surface area (Å²) in [5, 5.41) is 2.46. The van der Waals surface area contributed by atoms with Gasteiger partial charge in [0.1, 0.15) is 11.4 Å². The summed E-state index contributed by atoms with van der Waals surface area (Å²) in [4.78, 5) is 37.6. The fraction of sp³-hybridized carbons (Fsp3) is 0.211. The molecule has 28 heavy (non-hydrogen) atoms. The van der Waals surface area contributed by atoms with Crippen molar-refractivity contribution in [3.05, 3.63) is 58.4 Å². The third-order valence-corrected chi connectivity index (χ3v) is 4.39. The Morgan fingerprint density at radius 1 is 1.11 bits per heavy atom. The maximum atomic E-state index is 12.5. The van der Waals surface area contributed by atoms with Crippen molar-refractivity contribution >= 4 is 39.5 Å². The van der Waals surface area contributed by atoms with Gasteiger partial charge in [-0.25, -0.2) is 9.59 Å². The van der Waals surface area contributed by atoms with Gasteiger partial charge in [-0.1, -0.05) is 6.08 Å². The second-order valence-electron chi connectivity index (χ2n) is 5.39. The van der Waals surface area contributed by atoms with E-state index in [1.807, 2.05) is 0 Å². The van der Waals surface area contributed by atoms with Crippen LogP contribution in [0.15, 0.2) is 58.4 Å². The highest BCUT2D eigenvalue weighted by Gasteiger charge is 2.28. The number of hydrogen-bond acceptors (Lipinski definition) is 7. The molecule has 9 heteroatoms. The minimum Gasteiger partial charge on any atom is -0.484 e. The Hall–Kier alpha value is -3.07. The predicted octanol–water partition coefficient (Wildman–Crippen LogP) is 2.06. The van der Waals surface area contributed by atoms with E-state index in [1.165, 1.54) is 32.2 Å². The van der Waals surface area contributed by atoms with Crippen LogP contribution in [0.2, 0.25) is 0 Å². The second-order valence-corrected chi connectivity index (χ2v) is 6.25. The van der Waals surface area contributed by atoms with Gasteiger partial charge in [-0.15, -0.1) is 0 Å². The van der Waals surface area contributed by atoms with Crippen molar-refractivity contribution in [3.63, 3.8) is 0 Å². The van der Waals surface area contributed by atoms with Gasteiger partial charge >= 0.3 is 11.9 Å². The first kappa shape index (κ1) is 21.2. The first-order chi connectivity index (χ1) is 13.4. The fourth-order valence-corrected chi connectivity index (χ4v) is 2.78. The van der Waals surface area contributed by atoms with E-state index >= 15 is 0 Å². The van der Waals surface area contributed by atoms with Crippen LogP contribution in [0.5, 0.6) is 5.75 Å². The molecule has 0 aliphatic carbocycles. The third-order valence-electron chi connectivity index (χ3n) is 3.72. The lowest BCUT2D eigenvalue weighted by Crippen LogP contribution is -2.27. The predicted molar refractivity (Wildman–Crippen MR) is 106 cm³/mol. The second kappa shape index (κ2) is 9.75. The van der Waals surface area contributed by atoms with E-state index in [9.17, 15) is 14.4 Å². The number of nitrogens with one attached hydrogen (secondary N) is 1. The highest BCUT2D eigenvalue weighted by Crippen LogP contribution is 2.35. The molecule has 0 saturated heterocycles. The number of esters is 2. The molecule has 2 rings (SSSR count). The average molecular weight is 451 g/mol. The summed E-state index contributed by atoms with van der Waals surface area (Å²) in [6, 6.07) is 4.99. The zero-order valence-corrected chi connectivity index (χ0v) is 17.1. The number of allylic oxidation sites excluding steroid dienone is 2. The maximum absolute atomic E-state index is 12.5. The monoisotopic (exact) mass is 450 g/mol. The number of nitrogens with zero attached hydrogens (tertiary/aromatic N) is 1. The van der Waals surface area contributed by atoms with Crippen LogP contribution in [0, 0.1) is 0 Å². The lowest BCUT2D eigenvalue weighted by molar-refractivity contribution is -0.139. The standard InChI is InChI=1S/C19H19BrN2O6/c1-21-16(23)11-28-12-7-8-14(20)15(10-12)22-9-5-4-6-13(18(24)26-2)17(22)19(25)27-3/h4-10H,11H2,1-3H3,(H,21,23). The van der Waals surface area contributed by atoms with Crippen molar-refractivity contribution in [2.75, 3.05) is 32.8 Å². The van der Waals surface area contributed by atoms with Crippen molar-refractivity contribution in [2.24, 2.45) is 0 Å². The number of amides is 1. The molecule has 0 bridgehead atoms. The Balaban J connectivity index is 2.55. The van der Waals surface area contributed by atoms with Gasteiger partial charge in [-0.2, -0.15) is 0 Å². The van der Waals surface area contributed by atoms with Crippen molar-refractivity contribution in [3.8, 4) is 5.75 Å². The van der Waals surface area contributed by atoms with E-state index in [0.29, 0.717) is 15.9 Å². The van der Waals surface area contributed by atoms with Crippen molar-refractivity contribution in [1.82, 2.24) is 5.32 Å². The van der Waals surface area contributed by atoms with E-state index < -0.39 is 11.9 Å². The number of carbonyl (C=O) groups excluding carboxylic acids is 3. The summed E-state index contributed by atoms with van der Waals surface area (Å²) in [6.07, 6.45) is 6.33. The molecule has 0 atom stereocenters. The molecule has 0 spiro atoms. The summed E-state index contributed by atoms with van der Waals surface area (Å²) in [5.74, 6) is -1.30. The van der Waals surface area contributed by atoms with Crippen LogP contribution in [-0.2, 0) is 23.9 Å². The Labute approximate surface area is 170 Å². The number of methoxy groups -OCH3 is 2. The topological polar surface area (TPSA) is 94.2 Å². The minimum atomic E-state index is -0.722. The van der Waals surface area contributed by atoms with Crippen molar-refractivity contribution < 1.29 is 28.6 Å². The summed E-state index contributed by atoms with van der Waals surface area (Å²) in [6.45, 7) is -0.165. The Kier molecular flexibility index (Phi) is 7.39. The number of halogens is 1. The van der Waals surface area contributed by atoms with Crippen LogP contribution in [0.3, 0.4) is 0 Å². The number of rotatable bonds is 6. The maximum Gasteiger partial charge on any atom is 0.355 e. The van der Waals surface area contributed by atoms with Gasteiger partial charge < -0.3 is 24.4 Å². The highest BCUT2D eigenvalue weighted by atomic mass is 79.9. The molecule has 8 nitrogen and oxygen atoms in total. The molecule has 0 unspecified atom stereocenters. The molecular weight excluding hydrogens is 432 g/mol. The van der Waals surface area contributed by atoms with Crippen LogP contribution in [0.1, 0.15) is 0 Å². The summed E-state index contributed by atoms with van der Waals surface area (Å²) in [5.41, 5.74) is 0.502. The smallest absolute Gasteiger partial charge is 0.355 e. The van der Waals surface area contributed by atoms with Gasteiger partial charge in [0.25, 0.3) is 5.91 Å². The zero-order valence-electron chi connectivity index (χ0n) is 15.5. The average Bonchev–Trinajstić information content (AvgIpc) is 2.94. The fourth-order valence-electron chi connectivity index (χ4n) is 2.34. The molecule has 1 aromatic carbocycles. The molecule has 0 aromatic heterocycles. The van der Waals surface area contributed by atoms with E-state index in [4.69, 9.17) is 14.2 Å². The van der Waals surface area contributed by atoms with E-state index in [1.54, 1.807) is 36.6 Å². The summed E-state index contributed by atoms with van der Waals surface area (Å²) < 4.78 is 15.8. The van der Waals surface area contributed by atoms with Crippen molar-refractivity contribution in [1.29, 1.82) is 0 Å². The number of carbonyl (C=O) groups is 3. The zero-order chi connectivity index (χ0) is 20.7. The molecule has 148 valence electrons. The molecule has 0 saturated carbocycles. The molecule has 1 aromatic rings. The normalized spacial score (nSPS) is 13.1. The number of anilines is 1. The molecule has 1 N–H and O–H groups in total. The molecule has 1 heterocycles. The van der Waals surface area contributed by atoms with Crippen molar-refractivity contribution in [2.45, 2.75) is 0 Å². The molecule has 1 aliphatic rings. The molecule has 0 radical (unpaired) electrons. The Morgan fingerprint density at radius 2 is 1.82 bits per heavy atom. The van der Waals surface area contributed by atoms with Gasteiger partial charge in [0.05, 0.1) is 25.5 Å². The first-order valence-corrected chi connectivity index (χ1v) is 8.90. The lowest BCUT2D eigenvalue weighted by Gasteiger charge is -2.24. The van der Waals surface area contributed by atoms with Crippen LogP contribution in [0.4, 0.5) is 5.69 Å². The number of hydrogen-bond donors (Lipinski definition) is 1. The van der Waals surface area contributed by atoms with E-state index in [2.05, 4.69) is 21.2 Å². The quantitative estimate of drug-likeness (QED) is 0.662. The Morgan fingerprint density at radius 3 is 2.46 bits per heavy atom. The highest BCUT2D eigenvalue weighted by molar-refractivity contribution is 9.10. The summed E-state index contributed by atoms with van der Waals surface area (Å²) in [7, 11) is 3.96. The largest absolute Gasteiger partial charge is 0.484 e.